The van der Waals surface area contributed by atoms with Gasteiger partial charge in [-0.3, -0.25) is 4.79 Å². The number of para-hydroxylation sites is 1. The average Bonchev–Trinajstić information content (AvgIpc) is 4.00. The van der Waals surface area contributed by atoms with Crippen LogP contribution in [0.2, 0.25) is 0 Å². The van der Waals surface area contributed by atoms with Crippen molar-refractivity contribution in [3.8, 4) is 90.7 Å². The van der Waals surface area contributed by atoms with Gasteiger partial charge >= 0.3 is 11.9 Å². The Hall–Kier alpha value is -8.50. The van der Waals surface area contributed by atoms with Crippen molar-refractivity contribution in [2.45, 2.75) is 12.8 Å². The highest BCUT2D eigenvalue weighted by Crippen LogP contribution is 2.41. The third-order valence-electron chi connectivity index (χ3n) is 10.00. The summed E-state index contributed by atoms with van der Waals surface area (Å²) in [5, 5.41) is 17.7. The van der Waals surface area contributed by atoms with Gasteiger partial charge in [0.25, 0.3) is 0 Å². The van der Waals surface area contributed by atoms with Crippen LogP contribution in [0.15, 0.2) is 203 Å². The molecule has 64 heavy (non-hydrogen) atoms. The van der Waals surface area contributed by atoms with Crippen molar-refractivity contribution >= 4 is 11.9 Å². The summed E-state index contributed by atoms with van der Waals surface area (Å²) in [4.78, 5) is 31.3. The van der Waals surface area contributed by atoms with Crippen LogP contribution < -0.4 is 9.47 Å². The van der Waals surface area contributed by atoms with Gasteiger partial charge in [0.15, 0.2) is 18.1 Å². The molecule has 0 saturated carbocycles. The van der Waals surface area contributed by atoms with Crippen molar-refractivity contribution in [1.82, 2.24) is 9.97 Å². The average molecular weight is 847 g/mol. The second-order valence-electron chi connectivity index (χ2n) is 14.5. The van der Waals surface area contributed by atoms with Crippen molar-refractivity contribution in [2.75, 3.05) is 13.2 Å². The molecule has 9 rings (SSSR count). The highest BCUT2D eigenvalue weighted by atomic mass is 16.5. The van der Waals surface area contributed by atoms with Crippen molar-refractivity contribution in [3.05, 3.63) is 194 Å². The fourth-order valence-electron chi connectivity index (χ4n) is 7.02. The van der Waals surface area contributed by atoms with Crippen LogP contribution >= 0.6 is 0 Å². The molecule has 10 nitrogen and oxygen atoms in total. The number of aromatic nitrogens is 2. The summed E-state index contributed by atoms with van der Waals surface area (Å²) in [6, 6.07) is 62.4. The van der Waals surface area contributed by atoms with E-state index in [0.29, 0.717) is 47.8 Å². The lowest BCUT2D eigenvalue weighted by Crippen LogP contribution is -2.09. The van der Waals surface area contributed by atoms with Gasteiger partial charge in [0.1, 0.15) is 22.9 Å². The molecule has 10 heteroatoms. The molecule has 7 aromatic carbocycles. The van der Waals surface area contributed by atoms with E-state index in [1.807, 2.05) is 188 Å². The van der Waals surface area contributed by atoms with Crippen molar-refractivity contribution < 1.29 is 38.1 Å². The first kappa shape index (κ1) is 42.2. The fourth-order valence-corrected chi connectivity index (χ4v) is 7.02. The van der Waals surface area contributed by atoms with Gasteiger partial charge in [-0.15, -0.1) is 0 Å². The van der Waals surface area contributed by atoms with E-state index in [0.717, 1.165) is 55.9 Å². The predicted octanol–water partition coefficient (Wildman–Crippen LogP) is 12.7. The number of benzene rings is 7. The summed E-state index contributed by atoms with van der Waals surface area (Å²) in [5.41, 5.74) is 8.70. The second kappa shape index (κ2) is 20.4. The summed E-state index contributed by atoms with van der Waals surface area (Å²) in [6.45, 7) is -0.0905. The Morgan fingerprint density at radius 3 is 1.44 bits per heavy atom. The van der Waals surface area contributed by atoms with E-state index in [9.17, 15) is 9.59 Å². The number of aliphatic carboxylic acids is 2. The summed E-state index contributed by atoms with van der Waals surface area (Å²) in [7, 11) is 0. The number of hydrogen-bond donors (Lipinski definition) is 2. The van der Waals surface area contributed by atoms with Crippen LogP contribution in [0.5, 0.6) is 11.5 Å². The Balaban J connectivity index is 0.000000176. The number of rotatable bonds is 15. The molecule has 0 aliphatic rings. The van der Waals surface area contributed by atoms with Gasteiger partial charge < -0.3 is 28.5 Å². The summed E-state index contributed by atoms with van der Waals surface area (Å²) < 4.78 is 23.8. The zero-order valence-electron chi connectivity index (χ0n) is 34.5. The quantitative estimate of drug-likeness (QED) is 0.0956. The Morgan fingerprint density at radius 2 is 0.906 bits per heavy atom. The normalized spacial score (nSPS) is 10.7. The van der Waals surface area contributed by atoms with Gasteiger partial charge in [-0.05, 0) is 47.9 Å². The van der Waals surface area contributed by atoms with Gasteiger partial charge in [0, 0.05) is 34.2 Å². The molecule has 2 N–H and O–H groups in total. The molecular weight excluding hydrogens is 805 g/mol. The van der Waals surface area contributed by atoms with E-state index >= 15 is 0 Å². The largest absolute Gasteiger partial charge is 0.493 e. The molecule has 2 heterocycles. The Bertz CT molecular complexity index is 2830. The number of carboxylic acid groups (broad SMARTS) is 2. The van der Waals surface area contributed by atoms with Crippen LogP contribution in [0.3, 0.4) is 0 Å². The van der Waals surface area contributed by atoms with Gasteiger partial charge in [0.2, 0.25) is 11.8 Å². The molecule has 316 valence electrons. The monoisotopic (exact) mass is 846 g/mol. The molecule has 0 radical (unpaired) electrons. The SMILES string of the molecule is O=C(O)CCCOc1ccccc1-c1nc(-c2ccccc2)c(-c2ccccc2)o1.O=C(O)COc1cccc(-c2ccccc2-c2nc(-c3ccccc3)c(-c3ccccc3)o2)c1. The van der Waals surface area contributed by atoms with Gasteiger partial charge in [-0.2, -0.15) is 0 Å². The highest BCUT2D eigenvalue weighted by molar-refractivity contribution is 5.85. The predicted molar refractivity (Wildman–Crippen MR) is 247 cm³/mol. The first-order valence-electron chi connectivity index (χ1n) is 20.6. The molecule has 9 aromatic rings. The summed E-state index contributed by atoms with van der Waals surface area (Å²) >= 11 is 0. The fraction of sp³-hybridized carbons (Fsp3) is 0.0741. The van der Waals surface area contributed by atoms with Crippen molar-refractivity contribution in [3.63, 3.8) is 0 Å². The topological polar surface area (TPSA) is 145 Å². The van der Waals surface area contributed by atoms with Crippen LogP contribution in [0.25, 0.3) is 79.2 Å². The number of oxazole rings is 2. The Morgan fingerprint density at radius 1 is 0.453 bits per heavy atom. The van der Waals surface area contributed by atoms with Crippen LogP contribution in [0.1, 0.15) is 12.8 Å². The lowest BCUT2D eigenvalue weighted by Gasteiger charge is -2.09. The van der Waals surface area contributed by atoms with Crippen LogP contribution in [-0.2, 0) is 9.59 Å². The molecule has 0 fully saturated rings. The first-order chi connectivity index (χ1) is 31.4. The minimum absolute atomic E-state index is 0.0669. The molecule has 0 aliphatic heterocycles. The smallest absolute Gasteiger partial charge is 0.341 e. The summed E-state index contributed by atoms with van der Waals surface area (Å²) in [6.07, 6.45) is 0.497. The van der Waals surface area contributed by atoms with Crippen molar-refractivity contribution in [2.24, 2.45) is 0 Å². The molecule has 0 bridgehead atoms. The molecule has 2 aromatic heterocycles. The number of ether oxygens (including phenoxy) is 2. The van der Waals surface area contributed by atoms with E-state index in [-0.39, 0.29) is 6.42 Å². The Labute approximate surface area is 369 Å². The molecule has 0 unspecified atom stereocenters. The number of nitrogens with zero attached hydrogens (tertiary/aromatic N) is 2. The van der Waals surface area contributed by atoms with E-state index in [4.69, 9.17) is 38.5 Å². The Kier molecular flexibility index (Phi) is 13.4. The lowest BCUT2D eigenvalue weighted by molar-refractivity contribution is -0.139. The van der Waals surface area contributed by atoms with E-state index in [1.54, 1.807) is 6.07 Å². The molecule has 0 amide bonds. The third kappa shape index (κ3) is 10.3. The van der Waals surface area contributed by atoms with Gasteiger partial charge in [-0.1, -0.05) is 164 Å². The minimum Gasteiger partial charge on any atom is -0.493 e. The molecule has 0 aliphatic carbocycles. The summed E-state index contributed by atoms with van der Waals surface area (Å²) in [5.74, 6) is 1.60. The number of hydrogen-bond acceptors (Lipinski definition) is 8. The molecule has 0 saturated heterocycles. The maximum atomic E-state index is 10.9. The van der Waals surface area contributed by atoms with Crippen molar-refractivity contribution in [1.29, 1.82) is 0 Å². The van der Waals surface area contributed by atoms with Gasteiger partial charge in [0.05, 0.1) is 12.2 Å². The van der Waals surface area contributed by atoms with Crippen LogP contribution in [-0.4, -0.2) is 45.3 Å². The zero-order valence-corrected chi connectivity index (χ0v) is 34.5. The van der Waals surface area contributed by atoms with E-state index < -0.39 is 18.5 Å². The number of carbonyl (C=O) groups is 2. The van der Waals surface area contributed by atoms with Gasteiger partial charge in [-0.25, -0.2) is 14.8 Å². The standard InChI is InChI=1S/C29H21NO4.C25H21NO4/c31-26(32)19-33-23-15-9-14-22(18-23)24-16-7-8-17-25(24)29-30-27(20-10-3-1-4-11-20)28(34-29)21-12-5-2-6-13-21;27-22(28)16-9-17-29-21-15-8-7-14-20(21)25-26-23(18-10-3-1-4-11-18)24(30-25)19-12-5-2-6-13-19/h1-18H,19H2,(H,31,32);1-8,10-15H,9,16-17H2,(H,27,28). The maximum absolute atomic E-state index is 10.9. The zero-order chi connectivity index (χ0) is 44.1. The van der Waals surface area contributed by atoms with Crippen LogP contribution in [0, 0.1) is 0 Å². The first-order valence-corrected chi connectivity index (χ1v) is 20.6. The molecule has 0 atom stereocenters. The van der Waals surface area contributed by atoms with E-state index in [2.05, 4.69) is 0 Å². The third-order valence-corrected chi connectivity index (χ3v) is 10.00. The molecule has 0 spiro atoms. The van der Waals surface area contributed by atoms with Crippen LogP contribution in [0.4, 0.5) is 0 Å². The maximum Gasteiger partial charge on any atom is 0.341 e. The number of carboxylic acids is 2. The molecular formula is C54H42N2O8. The van der Waals surface area contributed by atoms with E-state index in [1.165, 1.54) is 0 Å². The second-order valence-corrected chi connectivity index (χ2v) is 14.5. The highest BCUT2D eigenvalue weighted by Gasteiger charge is 2.22. The lowest BCUT2D eigenvalue weighted by atomic mass is 9.99. The minimum atomic E-state index is -1.02.